The van der Waals surface area contributed by atoms with E-state index >= 15 is 0 Å². The number of carbonyl (C=O) groups excluding carboxylic acids is 1. The van der Waals surface area contributed by atoms with Crippen LogP contribution < -0.4 is 14.4 Å². The third kappa shape index (κ3) is 3.64. The quantitative estimate of drug-likeness (QED) is 0.829. The lowest BCUT2D eigenvalue weighted by Gasteiger charge is -2.24. The average molecular weight is 372 g/mol. The van der Waals surface area contributed by atoms with E-state index in [1.165, 1.54) is 25.9 Å². The molecule has 0 radical (unpaired) electrons. The lowest BCUT2D eigenvalue weighted by Crippen LogP contribution is -3.10. The van der Waals surface area contributed by atoms with Gasteiger partial charge in [0.25, 0.3) is 5.91 Å². The Labute approximate surface area is 158 Å². The van der Waals surface area contributed by atoms with Gasteiger partial charge in [0.15, 0.2) is 11.5 Å². The van der Waals surface area contributed by atoms with Crippen molar-refractivity contribution in [2.75, 3.05) is 33.0 Å². The van der Waals surface area contributed by atoms with Crippen molar-refractivity contribution in [2.45, 2.75) is 33.2 Å². The molecule has 7 nitrogen and oxygen atoms in total. The van der Waals surface area contributed by atoms with E-state index in [1.807, 2.05) is 30.0 Å². The third-order valence-electron chi connectivity index (χ3n) is 5.42. The highest BCUT2D eigenvalue weighted by molar-refractivity contribution is 5.96. The molecule has 1 fully saturated rings. The lowest BCUT2D eigenvalue weighted by molar-refractivity contribution is -0.886. The molecule has 1 N–H and O–H groups in total. The summed E-state index contributed by atoms with van der Waals surface area (Å²) in [5.41, 5.74) is 2.16. The smallest absolute Gasteiger partial charge is 0.259 e. The van der Waals surface area contributed by atoms with Crippen LogP contribution in [0.2, 0.25) is 0 Å². The highest BCUT2D eigenvalue weighted by Gasteiger charge is 2.27. The number of fused-ring (bicyclic) bond motifs is 1. The predicted molar refractivity (Wildman–Crippen MR) is 98.1 cm³/mol. The van der Waals surface area contributed by atoms with Gasteiger partial charge in [0.2, 0.25) is 6.79 Å². The number of carbonyl (C=O) groups is 1. The first-order chi connectivity index (χ1) is 13.1. The molecule has 1 aromatic carbocycles. The number of benzene rings is 1. The second kappa shape index (κ2) is 7.60. The van der Waals surface area contributed by atoms with Gasteiger partial charge in [-0.25, -0.2) is 0 Å². The van der Waals surface area contributed by atoms with Crippen LogP contribution in [0.4, 0.5) is 0 Å². The van der Waals surface area contributed by atoms with E-state index in [0.717, 1.165) is 23.6 Å². The summed E-state index contributed by atoms with van der Waals surface area (Å²) in [4.78, 5) is 16.7. The first-order valence-electron chi connectivity index (χ1n) is 9.56. The monoisotopic (exact) mass is 372 g/mol. The molecule has 144 valence electrons. The fourth-order valence-electron chi connectivity index (χ4n) is 3.94. The summed E-state index contributed by atoms with van der Waals surface area (Å²) in [7, 11) is 0. The van der Waals surface area contributed by atoms with Crippen LogP contribution in [0.1, 0.15) is 40.2 Å². The standard InChI is InChI=1S/C20H25N3O4/c1-14-18(15(2)27-21-14)20(24)23(11-10-22-8-3-4-9-22)12-16-6-5-7-17-19(16)26-13-25-17/h5-7H,3-4,8-13H2,1-2H3/p+1. The van der Waals surface area contributed by atoms with Gasteiger partial charge in [0, 0.05) is 18.4 Å². The summed E-state index contributed by atoms with van der Waals surface area (Å²) in [6.07, 6.45) is 2.54. The van der Waals surface area contributed by atoms with Crippen molar-refractivity contribution >= 4 is 5.91 Å². The fraction of sp³-hybridized carbons (Fsp3) is 0.500. The van der Waals surface area contributed by atoms with Crippen LogP contribution in [0.25, 0.3) is 0 Å². The van der Waals surface area contributed by atoms with E-state index in [4.69, 9.17) is 14.0 Å². The molecular weight excluding hydrogens is 346 g/mol. The van der Waals surface area contributed by atoms with Gasteiger partial charge in [-0.15, -0.1) is 0 Å². The number of likely N-dealkylation sites (tertiary alicyclic amines) is 1. The van der Waals surface area contributed by atoms with E-state index in [2.05, 4.69) is 5.16 Å². The zero-order chi connectivity index (χ0) is 18.8. The van der Waals surface area contributed by atoms with Crippen LogP contribution in [-0.4, -0.2) is 48.9 Å². The molecule has 0 aliphatic carbocycles. The number of quaternary nitrogens is 1. The van der Waals surface area contributed by atoms with E-state index in [9.17, 15) is 4.79 Å². The molecule has 2 aromatic rings. The number of ether oxygens (including phenoxy) is 2. The largest absolute Gasteiger partial charge is 0.454 e. The van der Waals surface area contributed by atoms with Gasteiger partial charge in [-0.05, 0) is 19.9 Å². The zero-order valence-electron chi connectivity index (χ0n) is 15.9. The number of aryl methyl sites for hydroxylation is 2. The highest BCUT2D eigenvalue weighted by atomic mass is 16.7. The van der Waals surface area contributed by atoms with Gasteiger partial charge in [-0.3, -0.25) is 4.79 Å². The van der Waals surface area contributed by atoms with Crippen molar-refractivity contribution in [3.63, 3.8) is 0 Å². The summed E-state index contributed by atoms with van der Waals surface area (Å²) in [6.45, 7) is 8.30. The van der Waals surface area contributed by atoms with E-state index in [-0.39, 0.29) is 12.7 Å². The summed E-state index contributed by atoms with van der Waals surface area (Å²) in [5, 5.41) is 3.95. The van der Waals surface area contributed by atoms with Crippen molar-refractivity contribution < 1.29 is 23.7 Å². The molecule has 27 heavy (non-hydrogen) atoms. The minimum Gasteiger partial charge on any atom is -0.454 e. The Hall–Kier alpha value is -2.54. The van der Waals surface area contributed by atoms with E-state index in [0.29, 0.717) is 30.1 Å². The van der Waals surface area contributed by atoms with Crippen LogP contribution in [-0.2, 0) is 6.54 Å². The number of hydrogen-bond donors (Lipinski definition) is 1. The summed E-state index contributed by atoms with van der Waals surface area (Å²) in [6, 6.07) is 5.82. The van der Waals surface area contributed by atoms with Gasteiger partial charge >= 0.3 is 0 Å². The van der Waals surface area contributed by atoms with E-state index in [1.54, 1.807) is 11.8 Å². The molecule has 1 amide bonds. The number of nitrogens with zero attached hydrogens (tertiary/aromatic N) is 2. The molecule has 7 heteroatoms. The number of para-hydroxylation sites is 1. The van der Waals surface area contributed by atoms with Crippen molar-refractivity contribution in [2.24, 2.45) is 0 Å². The summed E-state index contributed by atoms with van der Waals surface area (Å²) < 4.78 is 16.3. The average Bonchev–Trinajstić information content (AvgIpc) is 3.40. The molecule has 2 aliphatic rings. The van der Waals surface area contributed by atoms with Crippen LogP contribution in [0.15, 0.2) is 22.7 Å². The molecule has 2 aliphatic heterocycles. The predicted octanol–water partition coefficient (Wildman–Crippen LogP) is 1.34. The molecule has 1 aromatic heterocycles. The van der Waals surface area contributed by atoms with Gasteiger partial charge in [0.05, 0.1) is 38.4 Å². The molecule has 1 saturated heterocycles. The number of rotatable bonds is 6. The summed E-state index contributed by atoms with van der Waals surface area (Å²) in [5.74, 6) is 2.00. The molecule has 0 saturated carbocycles. The first-order valence-corrected chi connectivity index (χ1v) is 9.56. The third-order valence-corrected chi connectivity index (χ3v) is 5.42. The van der Waals surface area contributed by atoms with Crippen LogP contribution in [0.3, 0.4) is 0 Å². The summed E-state index contributed by atoms with van der Waals surface area (Å²) >= 11 is 0. The molecule has 3 heterocycles. The molecule has 0 atom stereocenters. The number of aromatic nitrogens is 1. The fourth-order valence-corrected chi connectivity index (χ4v) is 3.94. The van der Waals surface area contributed by atoms with Gasteiger partial charge in [-0.2, -0.15) is 0 Å². The van der Waals surface area contributed by atoms with E-state index < -0.39 is 0 Å². The molecule has 4 rings (SSSR count). The normalized spacial score (nSPS) is 16.1. The number of hydrogen-bond acceptors (Lipinski definition) is 5. The first kappa shape index (κ1) is 17.9. The van der Waals surface area contributed by atoms with Crippen LogP contribution in [0.5, 0.6) is 11.5 Å². The Balaban J connectivity index is 1.57. The van der Waals surface area contributed by atoms with Crippen LogP contribution in [0, 0.1) is 13.8 Å². The topological polar surface area (TPSA) is 69.2 Å². The Morgan fingerprint density at radius 2 is 2.04 bits per heavy atom. The second-order valence-electron chi connectivity index (χ2n) is 7.28. The highest BCUT2D eigenvalue weighted by Crippen LogP contribution is 2.36. The minimum atomic E-state index is -0.0404. The zero-order valence-corrected chi connectivity index (χ0v) is 15.9. The minimum absolute atomic E-state index is 0.0404. The Morgan fingerprint density at radius 1 is 1.22 bits per heavy atom. The molecular formula is C20H26N3O4+. The molecule has 0 bridgehead atoms. The van der Waals surface area contributed by atoms with Crippen molar-refractivity contribution in [1.29, 1.82) is 0 Å². The van der Waals surface area contributed by atoms with Gasteiger partial charge in [-0.1, -0.05) is 17.3 Å². The number of nitrogens with one attached hydrogen (secondary N) is 1. The Bertz CT molecular complexity index is 807. The second-order valence-corrected chi connectivity index (χ2v) is 7.28. The number of amides is 1. The Morgan fingerprint density at radius 3 is 2.78 bits per heavy atom. The maximum atomic E-state index is 13.3. The van der Waals surface area contributed by atoms with Crippen molar-refractivity contribution in [1.82, 2.24) is 10.1 Å². The van der Waals surface area contributed by atoms with Crippen LogP contribution >= 0.6 is 0 Å². The Kier molecular flexibility index (Phi) is 5.03. The molecule has 0 spiro atoms. The maximum Gasteiger partial charge on any atom is 0.259 e. The lowest BCUT2D eigenvalue weighted by atomic mass is 10.1. The molecule has 0 unspecified atom stereocenters. The van der Waals surface area contributed by atoms with Gasteiger partial charge < -0.3 is 23.8 Å². The van der Waals surface area contributed by atoms with Crippen molar-refractivity contribution in [3.05, 3.63) is 40.8 Å². The maximum absolute atomic E-state index is 13.3. The SMILES string of the molecule is Cc1noc(C)c1C(=O)N(CC[NH+]1CCCC1)Cc1cccc2c1OCO2. The van der Waals surface area contributed by atoms with Crippen molar-refractivity contribution in [3.8, 4) is 11.5 Å². The van der Waals surface area contributed by atoms with Gasteiger partial charge in [0.1, 0.15) is 11.3 Å².